The molecule has 1 saturated carbocycles. The number of hydrogen-bond donors (Lipinski definition) is 1. The fraction of sp³-hybridized carbons (Fsp3) is 0.833. The fourth-order valence-corrected chi connectivity index (χ4v) is 3.02. The zero-order valence-electron chi connectivity index (χ0n) is 9.11. The van der Waals surface area contributed by atoms with Gasteiger partial charge in [0, 0.05) is 12.8 Å². The van der Waals surface area contributed by atoms with Crippen molar-refractivity contribution in [2.45, 2.75) is 63.1 Å². The van der Waals surface area contributed by atoms with E-state index in [-0.39, 0.29) is 18.0 Å². The molecule has 0 unspecified atom stereocenters. The number of aliphatic hydroxyl groups is 1. The summed E-state index contributed by atoms with van der Waals surface area (Å²) in [5.41, 5.74) is 1.12. The number of rotatable bonds is 0. The Hall–Kier alpha value is -0.380. The van der Waals surface area contributed by atoms with Crippen LogP contribution in [-0.4, -0.2) is 29.2 Å². The number of ether oxygens (including phenoxy) is 2. The van der Waals surface area contributed by atoms with E-state index in [2.05, 4.69) is 0 Å². The SMILES string of the molecule is CC1=C[C@H](O)[C@H]2OC3(CCCCC3)O[C@H]12. The standard InChI is InChI=1S/C12H18O3/c1-8-7-9(13)11-10(8)14-12(15-11)5-3-2-4-6-12/h7,9-11,13H,2-6H2,1H3/t9-,10+,11+/m0/s1. The van der Waals surface area contributed by atoms with Crippen molar-refractivity contribution in [1.82, 2.24) is 0 Å². The highest BCUT2D eigenvalue weighted by Gasteiger charge is 2.52. The van der Waals surface area contributed by atoms with Gasteiger partial charge in [0.05, 0.1) is 0 Å². The van der Waals surface area contributed by atoms with Crippen LogP contribution in [0.15, 0.2) is 11.6 Å². The molecular formula is C12H18O3. The first-order chi connectivity index (χ1) is 7.20. The molecule has 0 bridgehead atoms. The Morgan fingerprint density at radius 1 is 1.27 bits per heavy atom. The van der Waals surface area contributed by atoms with Crippen molar-refractivity contribution in [2.75, 3.05) is 0 Å². The summed E-state index contributed by atoms with van der Waals surface area (Å²) in [4.78, 5) is 0. The smallest absolute Gasteiger partial charge is 0.169 e. The minimum Gasteiger partial charge on any atom is -0.386 e. The zero-order valence-corrected chi connectivity index (χ0v) is 9.11. The molecule has 1 N–H and O–H groups in total. The summed E-state index contributed by atoms with van der Waals surface area (Å²) >= 11 is 0. The van der Waals surface area contributed by atoms with Crippen LogP contribution in [0, 0.1) is 0 Å². The number of hydrogen-bond acceptors (Lipinski definition) is 3. The Labute approximate surface area is 90.1 Å². The van der Waals surface area contributed by atoms with E-state index in [0.717, 1.165) is 18.4 Å². The van der Waals surface area contributed by atoms with Crippen molar-refractivity contribution >= 4 is 0 Å². The van der Waals surface area contributed by atoms with Crippen LogP contribution in [0.3, 0.4) is 0 Å². The zero-order chi connectivity index (χ0) is 10.5. The van der Waals surface area contributed by atoms with E-state index in [9.17, 15) is 5.11 Å². The van der Waals surface area contributed by atoms with Crippen LogP contribution in [0.4, 0.5) is 0 Å². The third kappa shape index (κ3) is 1.45. The Balaban J connectivity index is 1.80. The maximum Gasteiger partial charge on any atom is 0.169 e. The molecule has 1 saturated heterocycles. The van der Waals surface area contributed by atoms with Crippen LogP contribution in [0.25, 0.3) is 0 Å². The van der Waals surface area contributed by atoms with Gasteiger partial charge in [0.2, 0.25) is 0 Å². The summed E-state index contributed by atoms with van der Waals surface area (Å²) in [5, 5.41) is 9.80. The van der Waals surface area contributed by atoms with Crippen LogP contribution in [-0.2, 0) is 9.47 Å². The molecule has 3 atom stereocenters. The molecule has 0 amide bonds. The summed E-state index contributed by atoms with van der Waals surface area (Å²) in [5.74, 6) is -0.371. The molecule has 15 heavy (non-hydrogen) atoms. The summed E-state index contributed by atoms with van der Waals surface area (Å²) in [6.45, 7) is 2.01. The van der Waals surface area contributed by atoms with Gasteiger partial charge in [-0.1, -0.05) is 12.5 Å². The third-order valence-electron chi connectivity index (χ3n) is 3.83. The van der Waals surface area contributed by atoms with Crippen LogP contribution in [0.2, 0.25) is 0 Å². The van der Waals surface area contributed by atoms with Gasteiger partial charge in [0.1, 0.15) is 18.3 Å². The van der Waals surface area contributed by atoms with Crippen LogP contribution in [0.1, 0.15) is 39.0 Å². The molecule has 3 rings (SSSR count). The Kier molecular flexibility index (Phi) is 2.16. The van der Waals surface area contributed by atoms with Crippen LogP contribution >= 0.6 is 0 Å². The van der Waals surface area contributed by atoms with Gasteiger partial charge in [-0.2, -0.15) is 0 Å². The van der Waals surface area contributed by atoms with Crippen LogP contribution in [0.5, 0.6) is 0 Å². The second-order valence-electron chi connectivity index (χ2n) is 4.99. The molecule has 3 nitrogen and oxygen atoms in total. The molecule has 0 aromatic rings. The molecule has 0 aromatic carbocycles. The third-order valence-corrected chi connectivity index (χ3v) is 3.83. The molecule has 3 aliphatic rings. The van der Waals surface area contributed by atoms with E-state index in [0.29, 0.717) is 0 Å². The van der Waals surface area contributed by atoms with E-state index in [1.54, 1.807) is 0 Å². The first-order valence-corrected chi connectivity index (χ1v) is 5.92. The van der Waals surface area contributed by atoms with Gasteiger partial charge in [0.25, 0.3) is 0 Å². The monoisotopic (exact) mass is 210 g/mol. The highest BCUT2D eigenvalue weighted by Crippen LogP contribution is 2.45. The molecule has 2 aliphatic carbocycles. The second kappa shape index (κ2) is 3.30. The molecule has 3 heteroatoms. The lowest BCUT2D eigenvalue weighted by Crippen LogP contribution is -2.35. The first-order valence-electron chi connectivity index (χ1n) is 5.92. The number of aliphatic hydroxyl groups excluding tert-OH is 1. The predicted molar refractivity (Wildman–Crippen MR) is 55.3 cm³/mol. The first kappa shape index (κ1) is 9.82. The molecule has 1 aliphatic heterocycles. The summed E-state index contributed by atoms with van der Waals surface area (Å²) in [6.07, 6.45) is 6.83. The summed E-state index contributed by atoms with van der Waals surface area (Å²) < 4.78 is 12.0. The Morgan fingerprint density at radius 3 is 2.67 bits per heavy atom. The Morgan fingerprint density at radius 2 is 2.00 bits per heavy atom. The lowest BCUT2D eigenvalue weighted by atomic mass is 9.94. The summed E-state index contributed by atoms with van der Waals surface area (Å²) in [6, 6.07) is 0. The lowest BCUT2D eigenvalue weighted by Gasteiger charge is -2.32. The van der Waals surface area contributed by atoms with Crippen molar-refractivity contribution in [3.05, 3.63) is 11.6 Å². The largest absolute Gasteiger partial charge is 0.386 e. The van der Waals surface area contributed by atoms with Gasteiger partial charge in [-0.15, -0.1) is 0 Å². The lowest BCUT2D eigenvalue weighted by molar-refractivity contribution is -0.198. The Bertz CT molecular complexity index is 291. The topological polar surface area (TPSA) is 38.7 Å². The van der Waals surface area contributed by atoms with Gasteiger partial charge in [0.15, 0.2) is 5.79 Å². The molecular weight excluding hydrogens is 192 g/mol. The second-order valence-corrected chi connectivity index (χ2v) is 4.99. The molecule has 0 aromatic heterocycles. The van der Waals surface area contributed by atoms with E-state index in [4.69, 9.17) is 9.47 Å². The highest BCUT2D eigenvalue weighted by molar-refractivity contribution is 5.22. The predicted octanol–water partition coefficient (Wildman–Crippen LogP) is 1.75. The van der Waals surface area contributed by atoms with Gasteiger partial charge >= 0.3 is 0 Å². The minimum absolute atomic E-state index is 0.00176. The van der Waals surface area contributed by atoms with Gasteiger partial charge < -0.3 is 14.6 Å². The minimum atomic E-state index is -0.476. The highest BCUT2D eigenvalue weighted by atomic mass is 16.8. The van der Waals surface area contributed by atoms with Gasteiger partial charge in [-0.05, 0) is 25.3 Å². The van der Waals surface area contributed by atoms with E-state index < -0.39 is 6.10 Å². The molecule has 0 radical (unpaired) electrons. The van der Waals surface area contributed by atoms with E-state index in [1.807, 2.05) is 13.0 Å². The molecule has 1 spiro atoms. The fourth-order valence-electron chi connectivity index (χ4n) is 3.02. The normalized spacial score (nSPS) is 43.1. The summed E-state index contributed by atoms with van der Waals surface area (Å²) in [7, 11) is 0. The molecule has 1 heterocycles. The molecule has 84 valence electrons. The van der Waals surface area contributed by atoms with Crippen molar-refractivity contribution < 1.29 is 14.6 Å². The maximum absolute atomic E-state index is 9.80. The van der Waals surface area contributed by atoms with Gasteiger partial charge in [-0.3, -0.25) is 0 Å². The van der Waals surface area contributed by atoms with Gasteiger partial charge in [-0.25, -0.2) is 0 Å². The average Bonchev–Trinajstić information content (AvgIpc) is 2.69. The molecule has 2 fully saturated rings. The van der Waals surface area contributed by atoms with Crippen molar-refractivity contribution in [2.24, 2.45) is 0 Å². The number of fused-ring (bicyclic) bond motifs is 1. The maximum atomic E-state index is 9.80. The van der Waals surface area contributed by atoms with Crippen molar-refractivity contribution in [3.8, 4) is 0 Å². The quantitative estimate of drug-likeness (QED) is 0.619. The van der Waals surface area contributed by atoms with E-state index >= 15 is 0 Å². The van der Waals surface area contributed by atoms with Crippen molar-refractivity contribution in [1.29, 1.82) is 0 Å². The van der Waals surface area contributed by atoms with E-state index in [1.165, 1.54) is 19.3 Å². The van der Waals surface area contributed by atoms with Crippen molar-refractivity contribution in [3.63, 3.8) is 0 Å². The van der Waals surface area contributed by atoms with Crippen LogP contribution < -0.4 is 0 Å². The average molecular weight is 210 g/mol.